The molecule has 2 aromatic carbocycles. The zero-order chi connectivity index (χ0) is 17.8. The fourth-order valence-electron chi connectivity index (χ4n) is 3.31. The summed E-state index contributed by atoms with van der Waals surface area (Å²) in [5.41, 5.74) is 4.75. The van der Waals surface area contributed by atoms with E-state index in [0.29, 0.717) is 13.1 Å². The number of para-hydroxylation sites is 1. The van der Waals surface area contributed by atoms with Gasteiger partial charge in [-0.1, -0.05) is 42.5 Å². The van der Waals surface area contributed by atoms with Crippen molar-refractivity contribution in [3.8, 4) is 5.69 Å². The maximum Gasteiger partial charge on any atom is 0.317 e. The van der Waals surface area contributed by atoms with Crippen LogP contribution in [0, 0.1) is 0 Å². The van der Waals surface area contributed by atoms with E-state index in [1.165, 1.54) is 11.1 Å². The first kappa shape index (κ1) is 16.4. The average molecular weight is 346 g/mol. The molecule has 2 heterocycles. The Morgan fingerprint density at radius 2 is 1.81 bits per heavy atom. The number of rotatable bonds is 4. The molecule has 0 aliphatic carbocycles. The third-order valence-corrected chi connectivity index (χ3v) is 4.76. The van der Waals surface area contributed by atoms with Crippen LogP contribution in [0.3, 0.4) is 0 Å². The highest BCUT2D eigenvalue weighted by Crippen LogP contribution is 2.18. The van der Waals surface area contributed by atoms with Crippen molar-refractivity contribution in [3.63, 3.8) is 0 Å². The Hall–Kier alpha value is -3.08. The van der Waals surface area contributed by atoms with Gasteiger partial charge in [0.1, 0.15) is 0 Å². The number of carbonyl (C=O) groups excluding carboxylic acids is 1. The molecule has 4 rings (SSSR count). The van der Waals surface area contributed by atoms with Crippen LogP contribution >= 0.6 is 0 Å². The molecule has 0 fully saturated rings. The van der Waals surface area contributed by atoms with Gasteiger partial charge in [-0.05, 0) is 41.7 Å². The van der Waals surface area contributed by atoms with Crippen molar-refractivity contribution in [3.05, 3.63) is 83.7 Å². The van der Waals surface area contributed by atoms with Gasteiger partial charge in [0.15, 0.2) is 0 Å². The predicted molar refractivity (Wildman–Crippen MR) is 101 cm³/mol. The number of nitrogens with one attached hydrogen (secondary N) is 1. The van der Waals surface area contributed by atoms with Crippen LogP contribution in [0.4, 0.5) is 4.79 Å². The molecule has 1 aliphatic rings. The molecular weight excluding hydrogens is 324 g/mol. The molecule has 3 aromatic rings. The Labute approximate surface area is 153 Å². The fourth-order valence-corrected chi connectivity index (χ4v) is 3.31. The highest BCUT2D eigenvalue weighted by atomic mass is 16.2. The highest BCUT2D eigenvalue weighted by molar-refractivity contribution is 5.74. The Morgan fingerprint density at radius 1 is 1.04 bits per heavy atom. The van der Waals surface area contributed by atoms with Crippen LogP contribution in [0.2, 0.25) is 0 Å². The van der Waals surface area contributed by atoms with Crippen molar-refractivity contribution in [2.45, 2.75) is 19.4 Å². The van der Waals surface area contributed by atoms with E-state index in [4.69, 9.17) is 0 Å². The SMILES string of the molecule is O=C(NCCc1cnn(-c2ccccc2)c1)N1CCc2ccccc2C1. The minimum absolute atomic E-state index is 0.00922. The third kappa shape index (κ3) is 3.61. The molecule has 2 amide bonds. The third-order valence-electron chi connectivity index (χ3n) is 4.76. The lowest BCUT2D eigenvalue weighted by Crippen LogP contribution is -2.43. The molecule has 0 unspecified atom stereocenters. The molecular formula is C21H22N4O. The summed E-state index contributed by atoms with van der Waals surface area (Å²) in [4.78, 5) is 14.3. The van der Waals surface area contributed by atoms with Crippen LogP contribution in [-0.4, -0.2) is 33.8 Å². The van der Waals surface area contributed by atoms with Gasteiger partial charge < -0.3 is 10.2 Å². The molecule has 0 saturated heterocycles. The van der Waals surface area contributed by atoms with Gasteiger partial charge >= 0.3 is 6.03 Å². The van der Waals surface area contributed by atoms with E-state index in [9.17, 15) is 4.79 Å². The molecule has 1 aliphatic heterocycles. The van der Waals surface area contributed by atoms with E-state index in [1.54, 1.807) is 0 Å². The van der Waals surface area contributed by atoms with Crippen molar-refractivity contribution >= 4 is 6.03 Å². The van der Waals surface area contributed by atoms with Gasteiger partial charge in [0.05, 0.1) is 11.9 Å². The number of amides is 2. The lowest BCUT2D eigenvalue weighted by Gasteiger charge is -2.28. The van der Waals surface area contributed by atoms with Crippen LogP contribution in [0.1, 0.15) is 16.7 Å². The summed E-state index contributed by atoms with van der Waals surface area (Å²) in [5, 5.41) is 7.42. The van der Waals surface area contributed by atoms with Crippen LogP contribution in [0.15, 0.2) is 67.0 Å². The minimum atomic E-state index is 0.00922. The summed E-state index contributed by atoms with van der Waals surface area (Å²) in [6.45, 7) is 2.07. The number of carbonyl (C=O) groups is 1. The molecule has 26 heavy (non-hydrogen) atoms. The highest BCUT2D eigenvalue weighted by Gasteiger charge is 2.19. The molecule has 0 saturated carbocycles. The zero-order valence-corrected chi connectivity index (χ0v) is 14.6. The number of hydrogen-bond acceptors (Lipinski definition) is 2. The first-order chi connectivity index (χ1) is 12.8. The van der Waals surface area contributed by atoms with Crippen LogP contribution < -0.4 is 5.32 Å². The van der Waals surface area contributed by atoms with E-state index in [0.717, 1.165) is 30.6 Å². The summed E-state index contributed by atoms with van der Waals surface area (Å²) in [5.74, 6) is 0. The number of aromatic nitrogens is 2. The summed E-state index contributed by atoms with van der Waals surface area (Å²) < 4.78 is 1.86. The molecule has 0 atom stereocenters. The summed E-state index contributed by atoms with van der Waals surface area (Å²) >= 11 is 0. The van der Waals surface area contributed by atoms with E-state index in [2.05, 4.69) is 28.6 Å². The summed E-state index contributed by atoms with van der Waals surface area (Å²) in [6, 6.07) is 18.4. The van der Waals surface area contributed by atoms with Gasteiger partial charge in [0.25, 0.3) is 0 Å². The second kappa shape index (κ2) is 7.44. The topological polar surface area (TPSA) is 50.2 Å². The first-order valence-corrected chi connectivity index (χ1v) is 8.98. The summed E-state index contributed by atoms with van der Waals surface area (Å²) in [6.07, 6.45) is 5.56. The van der Waals surface area contributed by atoms with Gasteiger partial charge in [-0.15, -0.1) is 0 Å². The Balaban J connectivity index is 1.29. The molecule has 5 heteroatoms. The van der Waals surface area contributed by atoms with Gasteiger partial charge in [-0.2, -0.15) is 5.10 Å². The maximum absolute atomic E-state index is 12.4. The van der Waals surface area contributed by atoms with E-state index in [1.807, 2.05) is 58.4 Å². The molecule has 5 nitrogen and oxygen atoms in total. The molecule has 0 radical (unpaired) electrons. The molecule has 0 spiro atoms. The Kier molecular flexibility index (Phi) is 4.69. The van der Waals surface area contributed by atoms with Crippen LogP contribution in [0.5, 0.6) is 0 Å². The van der Waals surface area contributed by atoms with E-state index in [-0.39, 0.29) is 6.03 Å². The monoisotopic (exact) mass is 346 g/mol. The van der Waals surface area contributed by atoms with Crippen molar-refractivity contribution in [1.82, 2.24) is 20.0 Å². The van der Waals surface area contributed by atoms with Gasteiger partial charge in [-0.3, -0.25) is 0 Å². The second-order valence-electron chi connectivity index (χ2n) is 6.55. The quantitative estimate of drug-likeness (QED) is 0.789. The van der Waals surface area contributed by atoms with Crippen LogP contribution in [-0.2, 0) is 19.4 Å². The number of hydrogen-bond donors (Lipinski definition) is 1. The molecule has 132 valence electrons. The number of benzene rings is 2. The summed E-state index contributed by atoms with van der Waals surface area (Å²) in [7, 11) is 0. The zero-order valence-electron chi connectivity index (χ0n) is 14.6. The predicted octanol–water partition coefficient (Wildman–Crippen LogP) is 3.18. The standard InChI is InChI=1S/C21H22N4O/c26-21(24-13-11-18-6-4-5-7-19(18)16-24)22-12-10-17-14-23-25(15-17)20-8-2-1-3-9-20/h1-9,14-15H,10-13,16H2,(H,22,26). The maximum atomic E-state index is 12.4. The van der Waals surface area contributed by atoms with E-state index >= 15 is 0 Å². The average Bonchev–Trinajstić information content (AvgIpc) is 3.17. The molecule has 0 bridgehead atoms. The van der Waals surface area contributed by atoms with Crippen LogP contribution in [0.25, 0.3) is 5.69 Å². The van der Waals surface area contributed by atoms with Crippen molar-refractivity contribution in [1.29, 1.82) is 0 Å². The van der Waals surface area contributed by atoms with Crippen molar-refractivity contribution < 1.29 is 4.79 Å². The van der Waals surface area contributed by atoms with Gasteiger partial charge in [-0.25, -0.2) is 9.48 Å². The van der Waals surface area contributed by atoms with E-state index < -0.39 is 0 Å². The number of nitrogens with zero attached hydrogens (tertiary/aromatic N) is 3. The Morgan fingerprint density at radius 3 is 2.65 bits per heavy atom. The first-order valence-electron chi connectivity index (χ1n) is 8.98. The fraction of sp³-hybridized carbons (Fsp3) is 0.238. The normalized spacial score (nSPS) is 13.3. The second-order valence-corrected chi connectivity index (χ2v) is 6.55. The van der Waals surface area contributed by atoms with Crippen molar-refractivity contribution in [2.24, 2.45) is 0 Å². The van der Waals surface area contributed by atoms with Gasteiger partial charge in [0.2, 0.25) is 0 Å². The lowest BCUT2D eigenvalue weighted by molar-refractivity contribution is 0.192. The smallest absolute Gasteiger partial charge is 0.317 e. The molecule has 1 N–H and O–H groups in total. The minimum Gasteiger partial charge on any atom is -0.338 e. The molecule has 1 aromatic heterocycles. The number of fused-ring (bicyclic) bond motifs is 1. The lowest BCUT2D eigenvalue weighted by atomic mass is 10.0. The van der Waals surface area contributed by atoms with Crippen molar-refractivity contribution in [2.75, 3.05) is 13.1 Å². The Bertz CT molecular complexity index is 888. The largest absolute Gasteiger partial charge is 0.338 e. The van der Waals surface area contributed by atoms with Gasteiger partial charge in [0, 0.05) is 25.8 Å². The number of urea groups is 1.